The van der Waals surface area contributed by atoms with Crippen LogP contribution in [-0.4, -0.2) is 25.5 Å². The molecule has 84 valence electrons. The first-order valence-electron chi connectivity index (χ1n) is 4.88. The number of amides is 1. The minimum atomic E-state index is -0.168. The average molecular weight is 237 g/mol. The molecular weight excluding hydrogens is 226 g/mol. The van der Waals surface area contributed by atoms with Gasteiger partial charge in [-0.2, -0.15) is 0 Å². The number of H-pyrrole nitrogens is 1. The van der Waals surface area contributed by atoms with E-state index in [1.165, 1.54) is 6.20 Å². The fraction of sp³-hybridized carbons (Fsp3) is 0.333. The second-order valence-corrected chi connectivity index (χ2v) is 3.98. The Labute approximate surface area is 96.3 Å². The van der Waals surface area contributed by atoms with Crippen molar-refractivity contribution in [3.8, 4) is 0 Å². The van der Waals surface area contributed by atoms with Gasteiger partial charge in [-0.25, -0.2) is 4.98 Å². The predicted octanol–water partition coefficient (Wildman–Crippen LogP) is 1.14. The predicted molar refractivity (Wildman–Crippen MR) is 59.0 cm³/mol. The number of aromatic nitrogens is 4. The smallest absolute Gasteiger partial charge is 0.265 e. The van der Waals surface area contributed by atoms with Crippen molar-refractivity contribution >= 4 is 17.4 Å². The molecule has 0 aliphatic heterocycles. The molecule has 0 aromatic carbocycles. The van der Waals surface area contributed by atoms with E-state index >= 15 is 0 Å². The average Bonchev–Trinajstić information content (AvgIpc) is 2.96. The van der Waals surface area contributed by atoms with Crippen molar-refractivity contribution in [3.63, 3.8) is 0 Å². The van der Waals surface area contributed by atoms with Gasteiger partial charge in [-0.05, 0) is 18.0 Å². The normalized spacial score (nSPS) is 12.3. The maximum atomic E-state index is 11.7. The molecule has 0 aliphatic carbocycles. The highest BCUT2D eigenvalue weighted by atomic mass is 32.1. The van der Waals surface area contributed by atoms with Crippen molar-refractivity contribution in [2.75, 3.05) is 0 Å². The fourth-order valence-electron chi connectivity index (χ4n) is 1.33. The van der Waals surface area contributed by atoms with E-state index in [4.69, 9.17) is 0 Å². The van der Waals surface area contributed by atoms with Crippen molar-refractivity contribution in [3.05, 3.63) is 29.3 Å². The molecule has 0 bridgehead atoms. The van der Waals surface area contributed by atoms with Crippen LogP contribution in [0.15, 0.2) is 18.6 Å². The number of aromatic amines is 1. The van der Waals surface area contributed by atoms with E-state index in [0.29, 0.717) is 4.88 Å². The molecule has 0 aliphatic rings. The molecule has 0 fully saturated rings. The molecule has 1 atom stereocenters. The zero-order valence-electron chi connectivity index (χ0n) is 8.67. The molecule has 0 saturated carbocycles. The lowest BCUT2D eigenvalue weighted by Crippen LogP contribution is -2.28. The first kappa shape index (κ1) is 10.7. The Kier molecular flexibility index (Phi) is 3.25. The molecule has 6 nitrogen and oxygen atoms in total. The van der Waals surface area contributed by atoms with Gasteiger partial charge in [-0.1, -0.05) is 11.4 Å². The summed E-state index contributed by atoms with van der Waals surface area (Å²) < 4.78 is 3.65. The number of nitrogens with one attached hydrogen (secondary N) is 2. The van der Waals surface area contributed by atoms with Crippen LogP contribution in [0.2, 0.25) is 0 Å². The highest BCUT2D eigenvalue weighted by Crippen LogP contribution is 2.13. The van der Waals surface area contributed by atoms with Crippen molar-refractivity contribution in [2.24, 2.45) is 0 Å². The summed E-state index contributed by atoms with van der Waals surface area (Å²) in [5, 5.41) is 6.49. The van der Waals surface area contributed by atoms with Gasteiger partial charge in [0.1, 0.15) is 10.7 Å². The molecular formula is C9H11N5OS. The first-order chi connectivity index (χ1) is 7.81. The largest absolute Gasteiger partial charge is 0.347 e. The van der Waals surface area contributed by atoms with Gasteiger partial charge in [0.25, 0.3) is 5.91 Å². The van der Waals surface area contributed by atoms with Crippen molar-refractivity contribution in [2.45, 2.75) is 19.4 Å². The Balaban J connectivity index is 2.05. The van der Waals surface area contributed by atoms with Gasteiger partial charge in [0, 0.05) is 12.4 Å². The molecule has 2 rings (SSSR count). The summed E-state index contributed by atoms with van der Waals surface area (Å²) in [7, 11) is 0. The highest BCUT2D eigenvalue weighted by molar-refractivity contribution is 7.07. The number of hydrogen-bond donors (Lipinski definition) is 2. The van der Waals surface area contributed by atoms with Crippen LogP contribution < -0.4 is 5.32 Å². The van der Waals surface area contributed by atoms with E-state index in [1.54, 1.807) is 12.4 Å². The maximum absolute atomic E-state index is 11.7. The van der Waals surface area contributed by atoms with E-state index in [9.17, 15) is 4.79 Å². The van der Waals surface area contributed by atoms with Crippen LogP contribution in [0.1, 0.15) is 34.9 Å². The Morgan fingerprint density at radius 1 is 1.69 bits per heavy atom. The molecule has 7 heteroatoms. The molecule has 2 aromatic heterocycles. The third kappa shape index (κ3) is 2.25. The lowest BCUT2D eigenvalue weighted by Gasteiger charge is -2.13. The zero-order valence-corrected chi connectivity index (χ0v) is 9.49. The lowest BCUT2D eigenvalue weighted by atomic mass is 10.2. The van der Waals surface area contributed by atoms with E-state index in [0.717, 1.165) is 23.8 Å². The zero-order chi connectivity index (χ0) is 11.4. The lowest BCUT2D eigenvalue weighted by molar-refractivity contribution is 0.0938. The molecule has 0 saturated heterocycles. The van der Waals surface area contributed by atoms with Crippen LogP contribution in [0.3, 0.4) is 0 Å². The molecule has 2 aromatic rings. The van der Waals surface area contributed by atoms with Crippen LogP contribution in [0, 0.1) is 0 Å². The second kappa shape index (κ2) is 4.84. The van der Waals surface area contributed by atoms with Gasteiger partial charge in [-0.15, -0.1) is 5.10 Å². The van der Waals surface area contributed by atoms with E-state index < -0.39 is 0 Å². The topological polar surface area (TPSA) is 83.6 Å². The van der Waals surface area contributed by atoms with Gasteiger partial charge < -0.3 is 10.3 Å². The van der Waals surface area contributed by atoms with Crippen LogP contribution in [0.25, 0.3) is 0 Å². The summed E-state index contributed by atoms with van der Waals surface area (Å²) in [4.78, 5) is 19.4. The van der Waals surface area contributed by atoms with Crippen LogP contribution in [-0.2, 0) is 0 Å². The van der Waals surface area contributed by atoms with Crippen LogP contribution in [0.5, 0.6) is 0 Å². The SMILES string of the molecule is CCC(NC(=O)c1cnns1)c1ncc[nH]1. The number of carbonyl (C=O) groups is 1. The Morgan fingerprint density at radius 2 is 2.56 bits per heavy atom. The molecule has 1 amide bonds. The summed E-state index contributed by atoms with van der Waals surface area (Å²) in [6, 6.07) is -0.107. The summed E-state index contributed by atoms with van der Waals surface area (Å²) in [6.45, 7) is 1.98. The third-order valence-electron chi connectivity index (χ3n) is 2.15. The number of rotatable bonds is 4. The van der Waals surface area contributed by atoms with Gasteiger partial charge in [0.2, 0.25) is 0 Å². The highest BCUT2D eigenvalue weighted by Gasteiger charge is 2.16. The van der Waals surface area contributed by atoms with Crippen LogP contribution in [0.4, 0.5) is 0 Å². The van der Waals surface area contributed by atoms with Crippen molar-refractivity contribution in [1.29, 1.82) is 0 Å². The molecule has 1 unspecified atom stereocenters. The quantitative estimate of drug-likeness (QED) is 0.835. The van der Waals surface area contributed by atoms with Crippen molar-refractivity contribution in [1.82, 2.24) is 24.9 Å². The summed E-state index contributed by atoms with van der Waals surface area (Å²) in [6.07, 6.45) is 5.62. The number of hydrogen-bond acceptors (Lipinski definition) is 5. The summed E-state index contributed by atoms with van der Waals surface area (Å²) in [5.41, 5.74) is 0. The Bertz CT molecular complexity index is 438. The Morgan fingerprint density at radius 3 is 3.12 bits per heavy atom. The minimum Gasteiger partial charge on any atom is -0.347 e. The molecule has 0 radical (unpaired) electrons. The summed E-state index contributed by atoms with van der Waals surface area (Å²) in [5.74, 6) is 0.589. The standard InChI is InChI=1S/C9H11N5OS/c1-2-6(8-10-3-4-11-8)13-9(15)7-5-12-14-16-7/h3-6H,2H2,1H3,(H,10,11)(H,13,15). The van der Waals surface area contributed by atoms with Crippen LogP contribution >= 0.6 is 11.5 Å². The van der Waals surface area contributed by atoms with E-state index in [1.807, 2.05) is 6.92 Å². The van der Waals surface area contributed by atoms with Gasteiger partial charge >= 0.3 is 0 Å². The van der Waals surface area contributed by atoms with Gasteiger partial charge in [-0.3, -0.25) is 4.79 Å². The third-order valence-corrected chi connectivity index (χ3v) is 2.81. The fourth-order valence-corrected chi connectivity index (χ4v) is 1.75. The van der Waals surface area contributed by atoms with Gasteiger partial charge in [0.05, 0.1) is 12.2 Å². The minimum absolute atomic E-state index is 0.107. The number of imidazole rings is 1. The van der Waals surface area contributed by atoms with Gasteiger partial charge in [0.15, 0.2) is 0 Å². The van der Waals surface area contributed by atoms with E-state index in [-0.39, 0.29) is 11.9 Å². The maximum Gasteiger partial charge on any atom is 0.265 e. The summed E-state index contributed by atoms with van der Waals surface area (Å²) >= 11 is 1.08. The monoisotopic (exact) mass is 237 g/mol. The molecule has 2 heterocycles. The molecule has 2 N–H and O–H groups in total. The first-order valence-corrected chi connectivity index (χ1v) is 5.66. The molecule has 0 spiro atoms. The number of carbonyl (C=O) groups excluding carboxylic acids is 1. The van der Waals surface area contributed by atoms with Crippen molar-refractivity contribution < 1.29 is 4.79 Å². The van der Waals surface area contributed by atoms with E-state index in [2.05, 4.69) is 24.9 Å². The second-order valence-electron chi connectivity index (χ2n) is 3.19. The number of nitrogens with zero attached hydrogens (tertiary/aromatic N) is 3. The molecule has 16 heavy (non-hydrogen) atoms. The Hall–Kier alpha value is -1.76.